The second-order valence-corrected chi connectivity index (χ2v) is 8.15. The van der Waals surface area contributed by atoms with E-state index in [1.54, 1.807) is 0 Å². The molecule has 0 aromatic heterocycles. The molecular formula is C18H31N3O2. The lowest BCUT2D eigenvalue weighted by Crippen LogP contribution is -2.40. The number of carbonyl (C=O) groups is 2. The van der Waals surface area contributed by atoms with Gasteiger partial charge in [-0.1, -0.05) is 6.92 Å². The van der Waals surface area contributed by atoms with E-state index in [1.165, 1.54) is 12.8 Å². The zero-order valence-corrected chi connectivity index (χ0v) is 14.8. The Hall–Kier alpha value is -1.10. The maximum atomic E-state index is 12.7. The fraction of sp³-hybridized carbons (Fsp3) is 0.889. The van der Waals surface area contributed by atoms with Crippen LogP contribution in [-0.4, -0.2) is 73.3 Å². The molecule has 0 aromatic carbocycles. The van der Waals surface area contributed by atoms with Crippen molar-refractivity contribution in [3.63, 3.8) is 0 Å². The molecule has 2 atom stereocenters. The van der Waals surface area contributed by atoms with Crippen molar-refractivity contribution in [1.29, 1.82) is 0 Å². The van der Waals surface area contributed by atoms with Crippen LogP contribution in [0, 0.1) is 23.7 Å². The summed E-state index contributed by atoms with van der Waals surface area (Å²) in [7, 11) is 4.07. The van der Waals surface area contributed by atoms with Gasteiger partial charge in [-0.2, -0.15) is 0 Å². The van der Waals surface area contributed by atoms with Crippen LogP contribution < -0.4 is 0 Å². The van der Waals surface area contributed by atoms with Crippen LogP contribution in [0.4, 0.5) is 0 Å². The fourth-order valence-electron chi connectivity index (χ4n) is 4.41. The van der Waals surface area contributed by atoms with Gasteiger partial charge < -0.3 is 14.7 Å². The first-order chi connectivity index (χ1) is 11.0. The molecule has 2 heterocycles. The summed E-state index contributed by atoms with van der Waals surface area (Å²) in [6, 6.07) is 0. The Balaban J connectivity index is 1.52. The van der Waals surface area contributed by atoms with E-state index in [-0.39, 0.29) is 17.7 Å². The first-order valence-corrected chi connectivity index (χ1v) is 9.18. The lowest BCUT2D eigenvalue weighted by Gasteiger charge is -2.30. The Labute approximate surface area is 140 Å². The Morgan fingerprint density at radius 2 is 1.83 bits per heavy atom. The van der Waals surface area contributed by atoms with Crippen molar-refractivity contribution in [3.8, 4) is 0 Å². The third-order valence-electron chi connectivity index (χ3n) is 6.02. The molecule has 3 rings (SSSR count). The van der Waals surface area contributed by atoms with Crippen LogP contribution in [0.3, 0.4) is 0 Å². The Morgan fingerprint density at radius 1 is 1.13 bits per heavy atom. The van der Waals surface area contributed by atoms with Gasteiger partial charge in [-0.3, -0.25) is 9.59 Å². The highest BCUT2D eigenvalue weighted by atomic mass is 16.2. The third kappa shape index (κ3) is 3.54. The maximum absolute atomic E-state index is 12.7. The number of carbonyl (C=O) groups excluding carboxylic acids is 2. The molecule has 23 heavy (non-hydrogen) atoms. The summed E-state index contributed by atoms with van der Waals surface area (Å²) in [5, 5.41) is 0. The molecule has 1 aliphatic carbocycles. The zero-order chi connectivity index (χ0) is 16.6. The van der Waals surface area contributed by atoms with Crippen molar-refractivity contribution >= 4 is 11.8 Å². The van der Waals surface area contributed by atoms with Crippen molar-refractivity contribution < 1.29 is 9.59 Å². The molecule has 2 unspecified atom stereocenters. The molecule has 5 nitrogen and oxygen atoms in total. The first kappa shape index (κ1) is 16.7. The van der Waals surface area contributed by atoms with Crippen LogP contribution in [-0.2, 0) is 9.59 Å². The van der Waals surface area contributed by atoms with Gasteiger partial charge in [-0.05, 0) is 45.7 Å². The normalized spacial score (nSPS) is 34.3. The molecule has 0 N–H and O–H groups in total. The van der Waals surface area contributed by atoms with Gasteiger partial charge in [0.1, 0.15) is 0 Å². The van der Waals surface area contributed by atoms with E-state index >= 15 is 0 Å². The number of fused-ring (bicyclic) bond motifs is 1. The first-order valence-electron chi connectivity index (χ1n) is 9.18. The maximum Gasteiger partial charge on any atom is 0.227 e. The summed E-state index contributed by atoms with van der Waals surface area (Å²) in [5.41, 5.74) is 0. The van der Waals surface area contributed by atoms with Crippen molar-refractivity contribution in [2.45, 2.75) is 32.6 Å². The molecule has 5 heteroatoms. The highest BCUT2D eigenvalue weighted by Gasteiger charge is 2.47. The van der Waals surface area contributed by atoms with Crippen molar-refractivity contribution in [1.82, 2.24) is 14.7 Å². The molecule has 0 bridgehead atoms. The van der Waals surface area contributed by atoms with Crippen molar-refractivity contribution in [3.05, 3.63) is 0 Å². The van der Waals surface area contributed by atoms with E-state index in [4.69, 9.17) is 0 Å². The summed E-state index contributed by atoms with van der Waals surface area (Å²) in [6.07, 6.45) is 4.42. The lowest BCUT2D eigenvalue weighted by molar-refractivity contribution is -0.137. The van der Waals surface area contributed by atoms with Gasteiger partial charge in [0.15, 0.2) is 0 Å². The van der Waals surface area contributed by atoms with Crippen molar-refractivity contribution in [2.24, 2.45) is 23.7 Å². The molecule has 3 fully saturated rings. The van der Waals surface area contributed by atoms with Gasteiger partial charge in [0.25, 0.3) is 0 Å². The van der Waals surface area contributed by atoms with E-state index in [2.05, 4.69) is 11.8 Å². The van der Waals surface area contributed by atoms with Crippen LogP contribution in [0.2, 0.25) is 0 Å². The molecule has 0 spiro atoms. The smallest absolute Gasteiger partial charge is 0.227 e. The third-order valence-corrected chi connectivity index (χ3v) is 6.02. The molecule has 2 amide bonds. The quantitative estimate of drug-likeness (QED) is 0.784. The van der Waals surface area contributed by atoms with E-state index in [0.29, 0.717) is 18.4 Å². The Kier molecular flexibility index (Phi) is 4.95. The number of likely N-dealkylation sites (tertiary alicyclic amines) is 2. The van der Waals surface area contributed by atoms with E-state index in [0.717, 1.165) is 44.9 Å². The Bertz CT molecular complexity index is 457. The summed E-state index contributed by atoms with van der Waals surface area (Å²) in [6.45, 7) is 6.29. The van der Waals surface area contributed by atoms with Crippen LogP contribution >= 0.6 is 0 Å². The molecule has 2 saturated heterocycles. The average Bonchev–Trinajstić information content (AvgIpc) is 3.05. The number of rotatable bonds is 4. The van der Waals surface area contributed by atoms with Crippen LogP contribution in [0.1, 0.15) is 32.6 Å². The predicted octanol–water partition coefficient (Wildman–Crippen LogP) is 1.29. The summed E-state index contributed by atoms with van der Waals surface area (Å²) >= 11 is 0. The number of hydrogen-bond donors (Lipinski definition) is 0. The predicted molar refractivity (Wildman–Crippen MR) is 89.8 cm³/mol. The zero-order valence-electron chi connectivity index (χ0n) is 14.8. The SMILES string of the molecule is CC1CCC(C(=O)N2CC3CN(CCN(C)C)C(=O)C3C2)CC1. The second kappa shape index (κ2) is 6.80. The second-order valence-electron chi connectivity index (χ2n) is 8.15. The molecule has 2 aliphatic heterocycles. The number of nitrogens with zero attached hydrogens (tertiary/aromatic N) is 3. The lowest BCUT2D eigenvalue weighted by atomic mass is 9.82. The van der Waals surface area contributed by atoms with E-state index in [9.17, 15) is 9.59 Å². The van der Waals surface area contributed by atoms with Gasteiger partial charge in [-0.25, -0.2) is 0 Å². The monoisotopic (exact) mass is 321 g/mol. The van der Waals surface area contributed by atoms with Gasteiger partial charge in [0, 0.05) is 44.6 Å². The topological polar surface area (TPSA) is 43.9 Å². The van der Waals surface area contributed by atoms with E-state index in [1.807, 2.05) is 23.9 Å². The average molecular weight is 321 g/mol. The van der Waals surface area contributed by atoms with Gasteiger partial charge >= 0.3 is 0 Å². The molecule has 1 saturated carbocycles. The van der Waals surface area contributed by atoms with Crippen molar-refractivity contribution in [2.75, 3.05) is 46.8 Å². The molecular weight excluding hydrogens is 290 g/mol. The summed E-state index contributed by atoms with van der Waals surface area (Å²) in [4.78, 5) is 31.4. The van der Waals surface area contributed by atoms with E-state index < -0.39 is 0 Å². The number of hydrogen-bond acceptors (Lipinski definition) is 3. The van der Waals surface area contributed by atoms with Crippen LogP contribution in [0.15, 0.2) is 0 Å². The highest BCUT2D eigenvalue weighted by molar-refractivity contribution is 5.85. The molecule has 130 valence electrons. The summed E-state index contributed by atoms with van der Waals surface area (Å²) in [5.74, 6) is 1.98. The fourth-order valence-corrected chi connectivity index (χ4v) is 4.41. The molecule has 3 aliphatic rings. The minimum atomic E-state index is 0.0589. The van der Waals surface area contributed by atoms with Crippen LogP contribution in [0.5, 0.6) is 0 Å². The summed E-state index contributed by atoms with van der Waals surface area (Å²) < 4.78 is 0. The molecule has 0 aromatic rings. The standard InChI is InChI=1S/C18H31N3O2/c1-13-4-6-14(7-5-13)17(22)21-11-15-10-20(9-8-19(2)3)18(23)16(15)12-21/h13-16H,4-12H2,1-3H3. The molecule has 0 radical (unpaired) electrons. The minimum Gasteiger partial charge on any atom is -0.341 e. The Morgan fingerprint density at radius 3 is 2.43 bits per heavy atom. The van der Waals surface area contributed by atoms with Gasteiger partial charge in [0.2, 0.25) is 11.8 Å². The highest BCUT2D eigenvalue weighted by Crippen LogP contribution is 2.35. The van der Waals surface area contributed by atoms with Gasteiger partial charge in [0.05, 0.1) is 5.92 Å². The largest absolute Gasteiger partial charge is 0.341 e. The minimum absolute atomic E-state index is 0.0589. The number of likely N-dealkylation sites (N-methyl/N-ethyl adjacent to an activating group) is 1. The number of amides is 2. The van der Waals surface area contributed by atoms with Gasteiger partial charge in [-0.15, -0.1) is 0 Å². The van der Waals surface area contributed by atoms with Crippen LogP contribution in [0.25, 0.3) is 0 Å².